The predicted molar refractivity (Wildman–Crippen MR) is 105 cm³/mol. The highest BCUT2D eigenvalue weighted by Crippen LogP contribution is 2.16. The lowest BCUT2D eigenvalue weighted by Crippen LogP contribution is -2.46. The van der Waals surface area contributed by atoms with Crippen molar-refractivity contribution in [3.05, 3.63) is 81.2 Å². The van der Waals surface area contributed by atoms with Gasteiger partial charge in [-0.1, -0.05) is 40.2 Å². The molecule has 0 saturated heterocycles. The number of ether oxygens (including phenoxy) is 1. The summed E-state index contributed by atoms with van der Waals surface area (Å²) in [7, 11) is 0. The van der Waals surface area contributed by atoms with Gasteiger partial charge in [0.2, 0.25) is 0 Å². The van der Waals surface area contributed by atoms with Crippen molar-refractivity contribution in [1.82, 2.24) is 0 Å². The molecule has 1 N–H and O–H groups in total. The number of rotatable bonds is 9. The van der Waals surface area contributed by atoms with Gasteiger partial charge in [0.15, 0.2) is 0 Å². The highest BCUT2D eigenvalue weighted by Gasteiger charge is 2.18. The molecule has 0 aromatic heterocycles. The maximum atomic E-state index is 12.9. The molecule has 0 aliphatic carbocycles. The minimum absolute atomic E-state index is 0.0129. The number of hydrogen-bond acceptors (Lipinski definition) is 4. The Kier molecular flexibility index (Phi) is 8.12. The minimum Gasteiger partial charge on any atom is -0.632 e. The molecular formula is C20H21BrFNO4. The lowest BCUT2D eigenvalue weighted by atomic mass is 10.2. The number of halogens is 2. The van der Waals surface area contributed by atoms with Gasteiger partial charge in [0.25, 0.3) is 0 Å². The molecule has 0 amide bonds. The SMILES string of the molecule is O=C(/C=C/c1ccc(F)cc1)OCC[N@@+]([O-])(CCO)Cc1ccc(Br)cc1. The topological polar surface area (TPSA) is 69.6 Å². The van der Waals surface area contributed by atoms with Gasteiger partial charge >= 0.3 is 5.97 Å². The molecule has 7 heteroatoms. The van der Waals surface area contributed by atoms with Gasteiger partial charge in [0.05, 0.1) is 6.61 Å². The maximum Gasteiger partial charge on any atom is 0.330 e. The Morgan fingerprint density at radius 2 is 1.81 bits per heavy atom. The zero-order chi connectivity index (χ0) is 19.7. The summed E-state index contributed by atoms with van der Waals surface area (Å²) in [4.78, 5) is 11.8. The Bertz CT molecular complexity index is 765. The van der Waals surface area contributed by atoms with E-state index in [1.807, 2.05) is 24.3 Å². The number of nitrogens with zero attached hydrogens (tertiary/aromatic N) is 1. The highest BCUT2D eigenvalue weighted by atomic mass is 79.9. The van der Waals surface area contributed by atoms with Crippen molar-refractivity contribution in [3.8, 4) is 0 Å². The lowest BCUT2D eigenvalue weighted by molar-refractivity contribution is -0.894. The molecule has 0 fully saturated rings. The summed E-state index contributed by atoms with van der Waals surface area (Å²) in [6.07, 6.45) is 2.74. The molecule has 27 heavy (non-hydrogen) atoms. The number of aliphatic hydroxyl groups is 1. The van der Waals surface area contributed by atoms with Gasteiger partial charge in [0.1, 0.15) is 32.1 Å². The van der Waals surface area contributed by atoms with E-state index in [0.717, 1.165) is 10.0 Å². The number of hydrogen-bond donors (Lipinski definition) is 1. The van der Waals surface area contributed by atoms with Crippen LogP contribution in [-0.2, 0) is 16.1 Å². The molecule has 0 saturated carbocycles. The average Bonchev–Trinajstić information content (AvgIpc) is 2.63. The third-order valence-electron chi connectivity index (χ3n) is 3.92. The Morgan fingerprint density at radius 3 is 2.44 bits per heavy atom. The highest BCUT2D eigenvalue weighted by molar-refractivity contribution is 9.10. The van der Waals surface area contributed by atoms with Crippen LogP contribution in [0.15, 0.2) is 59.1 Å². The fourth-order valence-corrected chi connectivity index (χ4v) is 2.74. The van der Waals surface area contributed by atoms with E-state index in [4.69, 9.17) is 4.74 Å². The smallest absolute Gasteiger partial charge is 0.330 e. The molecule has 144 valence electrons. The van der Waals surface area contributed by atoms with Crippen LogP contribution >= 0.6 is 15.9 Å². The number of hydroxylamine groups is 3. The fourth-order valence-electron chi connectivity index (χ4n) is 2.47. The Labute approximate surface area is 166 Å². The van der Waals surface area contributed by atoms with Gasteiger partial charge in [-0.2, -0.15) is 0 Å². The van der Waals surface area contributed by atoms with Crippen molar-refractivity contribution in [2.75, 3.05) is 26.3 Å². The van der Waals surface area contributed by atoms with E-state index in [2.05, 4.69) is 15.9 Å². The Morgan fingerprint density at radius 1 is 1.15 bits per heavy atom. The number of esters is 1. The molecule has 5 nitrogen and oxygen atoms in total. The normalized spacial score (nSPS) is 13.5. The zero-order valence-electron chi connectivity index (χ0n) is 14.7. The molecule has 2 aromatic carbocycles. The molecule has 0 heterocycles. The standard InChI is InChI=1S/C20H21BrFNO4/c21-18-6-1-17(2-7-18)15-23(26,11-13-24)12-14-27-20(25)10-5-16-3-8-19(22)9-4-16/h1-10,24H,11-15H2/b10-5+/t23-/m0/s1. The molecule has 2 rings (SSSR count). The third-order valence-corrected chi connectivity index (χ3v) is 4.45. The number of carbonyl (C=O) groups excluding carboxylic acids is 1. The monoisotopic (exact) mass is 437 g/mol. The molecular weight excluding hydrogens is 417 g/mol. The van der Waals surface area contributed by atoms with Crippen LogP contribution in [0.1, 0.15) is 11.1 Å². The second kappa shape index (κ2) is 10.3. The molecule has 0 unspecified atom stereocenters. The van der Waals surface area contributed by atoms with E-state index in [-0.39, 0.29) is 38.7 Å². The quantitative estimate of drug-likeness (QED) is 0.281. The first-order valence-electron chi connectivity index (χ1n) is 8.43. The Hall–Kier alpha value is -2.06. The third kappa shape index (κ3) is 7.60. The molecule has 0 spiro atoms. The molecule has 0 bridgehead atoms. The van der Waals surface area contributed by atoms with Gasteiger partial charge in [-0.3, -0.25) is 0 Å². The van der Waals surface area contributed by atoms with E-state index < -0.39 is 10.6 Å². The van der Waals surface area contributed by atoms with Crippen LogP contribution in [-0.4, -0.2) is 42.0 Å². The molecule has 0 radical (unpaired) electrons. The first-order chi connectivity index (χ1) is 12.9. The van der Waals surface area contributed by atoms with Crippen LogP contribution in [0.3, 0.4) is 0 Å². The van der Waals surface area contributed by atoms with Gasteiger partial charge in [0, 0.05) is 16.1 Å². The summed E-state index contributed by atoms with van der Waals surface area (Å²) in [6.45, 7) is -0.0896. The first-order valence-corrected chi connectivity index (χ1v) is 9.22. The van der Waals surface area contributed by atoms with Crippen LogP contribution in [0.25, 0.3) is 6.08 Å². The molecule has 1 atom stereocenters. The Balaban J connectivity index is 1.86. The summed E-state index contributed by atoms with van der Waals surface area (Å²) >= 11 is 3.34. The van der Waals surface area contributed by atoms with Gasteiger partial charge in [-0.25, -0.2) is 9.18 Å². The van der Waals surface area contributed by atoms with Crippen LogP contribution in [0.4, 0.5) is 4.39 Å². The minimum atomic E-state index is -0.687. The van der Waals surface area contributed by atoms with Crippen molar-refractivity contribution in [2.24, 2.45) is 0 Å². The van der Waals surface area contributed by atoms with E-state index in [9.17, 15) is 19.5 Å². The summed E-state index contributed by atoms with van der Waals surface area (Å²) in [5.74, 6) is -0.938. The number of benzene rings is 2. The van der Waals surface area contributed by atoms with Gasteiger partial charge in [-0.05, 0) is 35.9 Å². The summed E-state index contributed by atoms with van der Waals surface area (Å²) in [5, 5.41) is 22.1. The van der Waals surface area contributed by atoms with Gasteiger partial charge < -0.3 is 19.7 Å². The molecule has 0 aliphatic rings. The number of carbonyl (C=O) groups is 1. The molecule has 2 aromatic rings. The van der Waals surface area contributed by atoms with E-state index in [1.165, 1.54) is 36.4 Å². The van der Waals surface area contributed by atoms with E-state index >= 15 is 0 Å². The summed E-state index contributed by atoms with van der Waals surface area (Å²) in [5.41, 5.74) is 1.50. The zero-order valence-corrected chi connectivity index (χ0v) is 16.3. The lowest BCUT2D eigenvalue weighted by Gasteiger charge is -2.42. The average molecular weight is 438 g/mol. The predicted octanol–water partition coefficient (Wildman–Crippen LogP) is 3.65. The van der Waals surface area contributed by atoms with Crippen molar-refractivity contribution in [3.63, 3.8) is 0 Å². The second-order valence-corrected chi connectivity index (χ2v) is 6.98. The largest absolute Gasteiger partial charge is 0.632 e. The van der Waals surface area contributed by atoms with Crippen LogP contribution in [0, 0.1) is 11.0 Å². The number of quaternary nitrogens is 1. The van der Waals surface area contributed by atoms with Crippen molar-refractivity contribution < 1.29 is 23.7 Å². The van der Waals surface area contributed by atoms with Gasteiger partial charge in [-0.15, -0.1) is 0 Å². The van der Waals surface area contributed by atoms with Crippen LogP contribution in [0.5, 0.6) is 0 Å². The van der Waals surface area contributed by atoms with Crippen molar-refractivity contribution >= 4 is 28.0 Å². The van der Waals surface area contributed by atoms with Crippen LogP contribution in [0.2, 0.25) is 0 Å². The van der Waals surface area contributed by atoms with E-state index in [0.29, 0.717) is 5.56 Å². The van der Waals surface area contributed by atoms with Crippen molar-refractivity contribution in [2.45, 2.75) is 6.54 Å². The summed E-state index contributed by atoms with van der Waals surface area (Å²) < 4.78 is 18.1. The fraction of sp³-hybridized carbons (Fsp3) is 0.250. The number of aliphatic hydroxyl groups excluding tert-OH is 1. The summed E-state index contributed by atoms with van der Waals surface area (Å²) in [6, 6.07) is 13.0. The van der Waals surface area contributed by atoms with E-state index in [1.54, 1.807) is 0 Å². The van der Waals surface area contributed by atoms with Crippen molar-refractivity contribution in [1.29, 1.82) is 0 Å². The maximum absolute atomic E-state index is 12.9. The second-order valence-electron chi connectivity index (χ2n) is 6.07. The first kappa shape index (κ1) is 21.2. The van der Waals surface area contributed by atoms with Crippen LogP contribution < -0.4 is 0 Å². The molecule has 0 aliphatic heterocycles.